The Balaban J connectivity index is 1.23. The third-order valence-corrected chi connectivity index (χ3v) is 6.21. The lowest BCUT2D eigenvalue weighted by molar-refractivity contribution is 0.0394. The lowest BCUT2D eigenvalue weighted by Crippen LogP contribution is -2.11. The normalized spacial score (nSPS) is 10.6. The maximum atomic E-state index is 12.4. The lowest BCUT2D eigenvalue weighted by Gasteiger charge is -2.13. The Morgan fingerprint density at radius 1 is 0.581 bits per heavy atom. The van der Waals surface area contributed by atoms with Gasteiger partial charge in [-0.3, -0.25) is 0 Å². The highest BCUT2D eigenvalue weighted by Crippen LogP contribution is 2.39. The van der Waals surface area contributed by atoms with Gasteiger partial charge in [0.25, 0.3) is 0 Å². The number of aromatic hydroxyl groups is 4. The Kier molecular flexibility index (Phi) is 10.3. The zero-order valence-corrected chi connectivity index (χ0v) is 22.9. The molecule has 0 fully saturated rings. The molecule has 4 aromatic rings. The fourth-order valence-corrected chi connectivity index (χ4v) is 4.02. The second-order valence-corrected chi connectivity index (χ2v) is 9.30. The van der Waals surface area contributed by atoms with Crippen LogP contribution in [0.2, 0.25) is 0 Å². The lowest BCUT2D eigenvalue weighted by atomic mass is 10.1. The summed E-state index contributed by atoms with van der Waals surface area (Å²) in [5, 5.41) is 50.5. The fraction of sp³-hybridized carbons (Fsp3) is 0.188. The number of hydrogen-bond acceptors (Lipinski definition) is 11. The van der Waals surface area contributed by atoms with Crippen LogP contribution in [-0.2, 0) is 29.3 Å². The van der Waals surface area contributed by atoms with E-state index in [4.69, 9.17) is 18.9 Å². The van der Waals surface area contributed by atoms with Crippen LogP contribution in [0.3, 0.4) is 0 Å². The summed E-state index contributed by atoms with van der Waals surface area (Å²) in [5.41, 5.74) is 1.88. The summed E-state index contributed by atoms with van der Waals surface area (Å²) >= 11 is 0. The first-order chi connectivity index (χ1) is 20.8. The Morgan fingerprint density at radius 2 is 1.02 bits per heavy atom. The van der Waals surface area contributed by atoms with Crippen molar-refractivity contribution in [3.63, 3.8) is 0 Å². The van der Waals surface area contributed by atoms with E-state index in [2.05, 4.69) is 0 Å². The van der Waals surface area contributed by atoms with Crippen molar-refractivity contribution in [2.24, 2.45) is 0 Å². The van der Waals surface area contributed by atoms with Crippen molar-refractivity contribution < 1.29 is 54.1 Å². The van der Waals surface area contributed by atoms with Crippen molar-refractivity contribution in [1.82, 2.24) is 0 Å². The van der Waals surface area contributed by atoms with E-state index in [1.165, 1.54) is 0 Å². The molecule has 0 aromatic heterocycles. The minimum Gasteiger partial charge on any atom is -0.504 e. The minimum absolute atomic E-state index is 0.0359. The second kappa shape index (κ2) is 14.5. The molecule has 11 nitrogen and oxygen atoms in total. The minimum atomic E-state index is -0.838. The van der Waals surface area contributed by atoms with Gasteiger partial charge in [0.1, 0.15) is 13.2 Å². The first-order valence-electron chi connectivity index (χ1n) is 13.2. The molecule has 4 aromatic carbocycles. The smallest absolute Gasteiger partial charge is 0.338 e. The molecule has 5 N–H and O–H groups in total. The van der Waals surface area contributed by atoms with Crippen LogP contribution < -0.4 is 9.47 Å². The molecule has 0 aliphatic rings. The molecule has 0 radical (unpaired) electrons. The van der Waals surface area contributed by atoms with Gasteiger partial charge in [-0.1, -0.05) is 54.6 Å². The van der Waals surface area contributed by atoms with Crippen LogP contribution in [0.15, 0.2) is 78.9 Å². The fourth-order valence-electron chi connectivity index (χ4n) is 4.02. The van der Waals surface area contributed by atoms with Gasteiger partial charge in [-0.2, -0.15) is 0 Å². The molecule has 0 unspecified atom stereocenters. The monoisotopic (exact) mass is 590 g/mol. The van der Waals surface area contributed by atoms with E-state index in [1.807, 2.05) is 30.3 Å². The van der Waals surface area contributed by atoms with E-state index in [0.717, 1.165) is 29.8 Å². The number of aliphatic hydroxyl groups is 1. The first kappa shape index (κ1) is 30.5. The van der Waals surface area contributed by atoms with Crippen LogP contribution >= 0.6 is 0 Å². The number of phenols is 4. The van der Waals surface area contributed by atoms with Crippen molar-refractivity contribution >= 4 is 11.9 Å². The van der Waals surface area contributed by atoms with Crippen LogP contribution in [-0.4, -0.2) is 50.7 Å². The molecule has 0 saturated carbocycles. The van der Waals surface area contributed by atoms with Gasteiger partial charge in [0, 0.05) is 6.42 Å². The van der Waals surface area contributed by atoms with Crippen LogP contribution in [0.25, 0.3) is 0 Å². The van der Waals surface area contributed by atoms with Crippen LogP contribution in [0, 0.1) is 0 Å². The number of aliphatic hydroxyl groups excluding tert-OH is 1. The molecule has 224 valence electrons. The van der Waals surface area contributed by atoms with Crippen molar-refractivity contribution in [2.75, 3.05) is 13.2 Å². The van der Waals surface area contributed by atoms with E-state index >= 15 is 0 Å². The van der Waals surface area contributed by atoms with Gasteiger partial charge in [-0.15, -0.1) is 0 Å². The highest BCUT2D eigenvalue weighted by Gasteiger charge is 2.19. The van der Waals surface area contributed by atoms with Crippen LogP contribution in [0.5, 0.6) is 34.5 Å². The number of carbonyl (C=O) groups excluding carboxylic acids is 2. The van der Waals surface area contributed by atoms with Crippen LogP contribution in [0.1, 0.15) is 43.8 Å². The molecule has 4 rings (SSSR count). The van der Waals surface area contributed by atoms with Crippen molar-refractivity contribution in [1.29, 1.82) is 0 Å². The molecule has 0 heterocycles. The Hall–Kier alpha value is -5.42. The predicted molar refractivity (Wildman–Crippen MR) is 152 cm³/mol. The van der Waals surface area contributed by atoms with E-state index in [0.29, 0.717) is 11.1 Å². The Morgan fingerprint density at radius 3 is 1.51 bits per heavy atom. The molecular weight excluding hydrogens is 560 g/mol. The van der Waals surface area contributed by atoms with Crippen molar-refractivity contribution in [2.45, 2.75) is 26.2 Å². The number of rotatable bonds is 13. The number of benzene rings is 4. The zero-order chi connectivity index (χ0) is 30.8. The number of esters is 2. The summed E-state index contributed by atoms with van der Waals surface area (Å²) < 4.78 is 21.2. The number of carbonyl (C=O) groups is 2. The number of ether oxygens (including phenoxy) is 4. The summed E-state index contributed by atoms with van der Waals surface area (Å²) in [4.78, 5) is 24.8. The highest BCUT2D eigenvalue weighted by molar-refractivity contribution is 5.91. The highest BCUT2D eigenvalue weighted by atomic mass is 16.5. The third-order valence-electron chi connectivity index (χ3n) is 6.21. The maximum absolute atomic E-state index is 12.4. The van der Waals surface area contributed by atoms with Gasteiger partial charge >= 0.3 is 11.9 Å². The van der Waals surface area contributed by atoms with E-state index < -0.39 is 34.9 Å². The van der Waals surface area contributed by atoms with E-state index in [9.17, 15) is 35.1 Å². The number of hydrogen-bond donors (Lipinski definition) is 5. The molecule has 0 atom stereocenters. The van der Waals surface area contributed by atoms with Gasteiger partial charge < -0.3 is 44.5 Å². The van der Waals surface area contributed by atoms with Gasteiger partial charge in [-0.05, 0) is 41.0 Å². The summed E-state index contributed by atoms with van der Waals surface area (Å²) in [6.45, 7) is -0.425. The molecule has 0 bridgehead atoms. The van der Waals surface area contributed by atoms with Gasteiger partial charge in [0.05, 0.1) is 30.9 Å². The standard InChI is InChI=1S/C32H30O11/c33-17-21-9-4-5-10-22(21)19-43-30-27(36)15-24(16-28(30)37)32(39)41-12-6-11-40-31(38)23-13-25(34)29(26(35)14-23)42-18-20-7-2-1-3-8-20/h1-5,7-10,13-16,33-37H,6,11-12,17-19H2. The SMILES string of the molecule is O=C(OCCCOC(=O)c1cc(O)c(OCc2ccccc2CO)c(O)c1)c1cc(O)c(OCc2ccccc2)c(O)c1. The predicted octanol–water partition coefficient (Wildman–Crippen LogP) is 4.56. The van der Waals surface area contributed by atoms with Gasteiger partial charge in [0.2, 0.25) is 11.5 Å². The molecule has 43 heavy (non-hydrogen) atoms. The van der Waals surface area contributed by atoms with Gasteiger partial charge in [0.15, 0.2) is 23.0 Å². The molecule has 0 amide bonds. The second-order valence-electron chi connectivity index (χ2n) is 9.30. The Labute approximate surface area is 246 Å². The van der Waals surface area contributed by atoms with Crippen molar-refractivity contribution in [3.05, 3.63) is 107 Å². The first-order valence-corrected chi connectivity index (χ1v) is 13.2. The largest absolute Gasteiger partial charge is 0.504 e. The summed E-state index contributed by atoms with van der Waals surface area (Å²) in [7, 11) is 0. The number of phenolic OH excluding ortho intramolecular Hbond substituents is 4. The molecular formula is C32H30O11. The topological polar surface area (TPSA) is 172 Å². The maximum Gasteiger partial charge on any atom is 0.338 e. The summed E-state index contributed by atoms with van der Waals surface area (Å²) in [6.07, 6.45) is 0.122. The molecule has 0 aliphatic carbocycles. The van der Waals surface area contributed by atoms with Gasteiger partial charge in [-0.25, -0.2) is 9.59 Å². The third kappa shape index (κ3) is 8.08. The molecule has 0 spiro atoms. The van der Waals surface area contributed by atoms with E-state index in [-0.39, 0.29) is 62.1 Å². The Bertz CT molecular complexity index is 1520. The molecule has 0 aliphatic heterocycles. The average Bonchev–Trinajstić information content (AvgIpc) is 3.00. The van der Waals surface area contributed by atoms with E-state index in [1.54, 1.807) is 24.3 Å². The molecule has 11 heteroatoms. The average molecular weight is 591 g/mol. The zero-order valence-electron chi connectivity index (χ0n) is 22.9. The quantitative estimate of drug-likeness (QED) is 0.109. The van der Waals surface area contributed by atoms with Crippen molar-refractivity contribution in [3.8, 4) is 34.5 Å². The summed E-state index contributed by atoms with van der Waals surface area (Å²) in [6, 6.07) is 20.5. The summed E-state index contributed by atoms with van der Waals surface area (Å²) in [5.74, 6) is -3.89. The van der Waals surface area contributed by atoms with Crippen LogP contribution in [0.4, 0.5) is 0 Å². The molecule has 0 saturated heterocycles.